The Hall–Kier alpha value is -4.06. The second-order valence-corrected chi connectivity index (χ2v) is 13.0. The highest BCUT2D eigenvalue weighted by molar-refractivity contribution is 7.86. The highest BCUT2D eigenvalue weighted by Crippen LogP contribution is 2.42. The van der Waals surface area contributed by atoms with Crippen LogP contribution in [0.15, 0.2) is 70.8 Å². The number of hydrogen-bond acceptors (Lipinski definition) is 10. The monoisotopic (exact) mass is 636 g/mol. The first-order valence-electron chi connectivity index (χ1n) is 13.1. The fourth-order valence-electron chi connectivity index (χ4n) is 4.43. The summed E-state index contributed by atoms with van der Waals surface area (Å²) in [5.41, 5.74) is 0.933. The number of rotatable bonds is 12. The molecule has 2 heterocycles. The Bertz CT molecular complexity index is 1700. The van der Waals surface area contributed by atoms with Crippen LogP contribution in [0.5, 0.6) is 11.5 Å². The second-order valence-electron chi connectivity index (χ2n) is 10.2. The normalized spacial score (nSPS) is 14.3. The molecular formula is C26H33BN4O10S2. The third-order valence-corrected chi connectivity index (χ3v) is 8.10. The molecule has 232 valence electrons. The molecule has 2 atom stereocenters. The van der Waals surface area contributed by atoms with Crippen LogP contribution >= 0.6 is 0 Å². The maximum atomic E-state index is 13.6. The van der Waals surface area contributed by atoms with E-state index in [9.17, 15) is 35.5 Å². The Labute approximate surface area is 251 Å². The molecule has 1 aromatic heterocycles. The first-order chi connectivity index (χ1) is 20.2. The van der Waals surface area contributed by atoms with Crippen LogP contribution in [0.3, 0.4) is 0 Å². The number of carbonyl (C=O) groups excluding carboxylic acids is 2. The molecule has 0 saturated heterocycles. The maximum Gasteiger partial charge on any atom is 0.619 e. The van der Waals surface area contributed by atoms with E-state index in [0.717, 1.165) is 11.6 Å². The van der Waals surface area contributed by atoms with Crippen LogP contribution in [0.4, 0.5) is 0 Å². The lowest BCUT2D eigenvalue weighted by molar-refractivity contribution is -0.123. The van der Waals surface area contributed by atoms with Gasteiger partial charge in [-0.3, -0.25) is 23.7 Å². The number of aryl methyl sites for hydroxylation is 1. The molecule has 0 fully saturated rings. The van der Waals surface area contributed by atoms with Crippen molar-refractivity contribution in [2.45, 2.75) is 54.9 Å². The lowest BCUT2D eigenvalue weighted by atomic mass is 9.74. The minimum Gasteiger partial charge on any atom is -0.522 e. The van der Waals surface area contributed by atoms with E-state index in [1.807, 2.05) is 44.2 Å². The van der Waals surface area contributed by atoms with Crippen molar-refractivity contribution in [3.05, 3.63) is 72.3 Å². The topological polar surface area (TPSA) is 211 Å². The molecule has 3 aromatic rings. The molecule has 43 heavy (non-hydrogen) atoms. The molecular weight excluding hydrogens is 603 g/mol. The van der Waals surface area contributed by atoms with Gasteiger partial charge < -0.3 is 19.9 Å². The summed E-state index contributed by atoms with van der Waals surface area (Å²) in [5, 5.41) is 5.48. The van der Waals surface area contributed by atoms with Gasteiger partial charge in [-0.05, 0) is 36.8 Å². The molecule has 14 nitrogen and oxygen atoms in total. The van der Waals surface area contributed by atoms with E-state index >= 15 is 0 Å². The number of aromatic nitrogens is 2. The van der Waals surface area contributed by atoms with Gasteiger partial charge in [-0.1, -0.05) is 44.2 Å². The summed E-state index contributed by atoms with van der Waals surface area (Å²) >= 11 is 0. The van der Waals surface area contributed by atoms with Crippen LogP contribution in [0.2, 0.25) is 0 Å². The van der Waals surface area contributed by atoms with E-state index in [4.69, 9.17) is 9.31 Å². The lowest BCUT2D eigenvalue weighted by Crippen LogP contribution is -2.56. The van der Waals surface area contributed by atoms with Gasteiger partial charge in [0.1, 0.15) is 22.4 Å². The van der Waals surface area contributed by atoms with Crippen molar-refractivity contribution in [1.82, 2.24) is 20.6 Å². The standard InChI is InChI=1S/C26H29BN4O10S2.2H2/c1-16(2)12-23(27-40-21-13-18(42(34,35)36)14-22(24(21)41-27)43(37,38)39)31-25(32)19(9-8-17-6-4-3-5-7-17)30-26(33)20-15-28-10-11-29-20;;/h3-7,10-11,13-16,19,23H,8-9,12H2,1-2H3,(H,30,33)(H,31,32)(H,34,35,36)(H,37,38,39);2*1H/t19-,23-;;/m0../s1. The molecule has 0 aliphatic carbocycles. The zero-order valence-electron chi connectivity index (χ0n) is 23.1. The quantitative estimate of drug-likeness (QED) is 0.167. The van der Waals surface area contributed by atoms with Gasteiger partial charge in [-0.25, -0.2) is 4.98 Å². The highest BCUT2D eigenvalue weighted by atomic mass is 32.2. The molecule has 0 spiro atoms. The second kappa shape index (κ2) is 13.1. The van der Waals surface area contributed by atoms with Gasteiger partial charge in [0.15, 0.2) is 5.75 Å². The van der Waals surface area contributed by atoms with E-state index in [2.05, 4.69) is 20.6 Å². The average molecular weight is 637 g/mol. The largest absolute Gasteiger partial charge is 0.619 e. The van der Waals surface area contributed by atoms with E-state index in [1.165, 1.54) is 18.6 Å². The molecule has 1 aliphatic heterocycles. The number of hydrogen-bond donors (Lipinski definition) is 4. The minimum absolute atomic E-state index is 0. The third kappa shape index (κ3) is 8.28. The Morgan fingerprint density at radius 3 is 2.33 bits per heavy atom. The first kappa shape index (κ1) is 31.9. The molecule has 2 aromatic carbocycles. The fraction of sp³-hybridized carbons (Fsp3) is 0.308. The molecule has 0 bridgehead atoms. The third-order valence-electron chi connectivity index (χ3n) is 6.41. The van der Waals surface area contributed by atoms with Crippen molar-refractivity contribution in [2.75, 3.05) is 0 Å². The Balaban J connectivity index is 0.00000353. The number of fused-ring (bicyclic) bond motifs is 1. The van der Waals surface area contributed by atoms with E-state index < -0.39 is 66.7 Å². The van der Waals surface area contributed by atoms with Crippen LogP contribution in [0, 0.1) is 5.92 Å². The Morgan fingerprint density at radius 2 is 1.72 bits per heavy atom. The van der Waals surface area contributed by atoms with Gasteiger partial charge >= 0.3 is 7.12 Å². The predicted molar refractivity (Wildman–Crippen MR) is 157 cm³/mol. The smallest absolute Gasteiger partial charge is 0.522 e. The zero-order chi connectivity index (χ0) is 31.4. The summed E-state index contributed by atoms with van der Waals surface area (Å²) < 4.78 is 78.1. The van der Waals surface area contributed by atoms with Crippen LogP contribution in [-0.2, 0) is 31.5 Å². The van der Waals surface area contributed by atoms with Crippen LogP contribution in [0.1, 0.15) is 45.6 Å². The van der Waals surface area contributed by atoms with Crippen molar-refractivity contribution in [3.63, 3.8) is 0 Å². The van der Waals surface area contributed by atoms with Gasteiger partial charge in [-0.15, -0.1) is 0 Å². The van der Waals surface area contributed by atoms with E-state index in [0.29, 0.717) is 12.5 Å². The van der Waals surface area contributed by atoms with Crippen molar-refractivity contribution < 1.29 is 47.7 Å². The molecule has 0 radical (unpaired) electrons. The molecule has 4 N–H and O–H groups in total. The molecule has 2 amide bonds. The lowest BCUT2D eigenvalue weighted by Gasteiger charge is -2.25. The van der Waals surface area contributed by atoms with E-state index in [-0.39, 0.29) is 33.1 Å². The van der Waals surface area contributed by atoms with Crippen LogP contribution < -0.4 is 19.9 Å². The molecule has 0 unspecified atom stereocenters. The van der Waals surface area contributed by atoms with Crippen molar-refractivity contribution in [3.8, 4) is 11.5 Å². The number of carbonyl (C=O) groups is 2. The van der Waals surface area contributed by atoms with Gasteiger partial charge in [0.25, 0.3) is 26.1 Å². The SMILES string of the molecule is CC(C)C[C@H](NC(=O)[C@H](CCc1ccccc1)NC(=O)c1cnccn1)B1Oc2cc(S(=O)(=O)O)cc(S(=O)(=O)O)c2O1.[HH].[HH]. The van der Waals surface area contributed by atoms with Crippen molar-refractivity contribution in [2.24, 2.45) is 5.92 Å². The van der Waals surface area contributed by atoms with Crippen LogP contribution in [0.25, 0.3) is 0 Å². The van der Waals surface area contributed by atoms with Gasteiger partial charge in [-0.2, -0.15) is 16.8 Å². The number of nitrogens with zero attached hydrogens (tertiary/aromatic N) is 2. The summed E-state index contributed by atoms with van der Waals surface area (Å²) in [6, 6.07) is 9.64. The van der Waals surface area contributed by atoms with Crippen LogP contribution in [-0.4, -0.2) is 66.8 Å². The molecule has 4 rings (SSSR count). The number of nitrogens with one attached hydrogen (secondary N) is 2. The summed E-state index contributed by atoms with van der Waals surface area (Å²) in [5.74, 6) is -3.08. The maximum absolute atomic E-state index is 13.6. The summed E-state index contributed by atoms with van der Waals surface area (Å²) in [6.45, 7) is 3.70. The number of amides is 2. The van der Waals surface area contributed by atoms with Gasteiger partial charge in [0.2, 0.25) is 5.91 Å². The predicted octanol–water partition coefficient (Wildman–Crippen LogP) is 2.22. The summed E-state index contributed by atoms with van der Waals surface area (Å²) in [4.78, 5) is 32.6. The Morgan fingerprint density at radius 1 is 1.00 bits per heavy atom. The minimum atomic E-state index is -5.02. The Kier molecular flexibility index (Phi) is 9.69. The van der Waals surface area contributed by atoms with Gasteiger partial charge in [0.05, 0.1) is 17.0 Å². The average Bonchev–Trinajstić information content (AvgIpc) is 3.38. The molecule has 1 aliphatic rings. The van der Waals surface area contributed by atoms with Crippen molar-refractivity contribution in [1.29, 1.82) is 0 Å². The summed E-state index contributed by atoms with van der Waals surface area (Å²) in [6.07, 6.45) is 4.89. The summed E-state index contributed by atoms with van der Waals surface area (Å²) in [7, 11) is -11.3. The highest BCUT2D eigenvalue weighted by Gasteiger charge is 2.45. The molecule has 0 saturated carbocycles. The molecule has 17 heteroatoms. The van der Waals surface area contributed by atoms with Gasteiger partial charge in [0, 0.05) is 21.3 Å². The fourth-order valence-corrected chi connectivity index (χ4v) is 5.68. The van der Waals surface area contributed by atoms with Crippen molar-refractivity contribution >= 4 is 39.2 Å². The van der Waals surface area contributed by atoms with E-state index in [1.54, 1.807) is 0 Å². The number of benzene rings is 2. The first-order valence-corrected chi connectivity index (χ1v) is 16.0. The zero-order valence-corrected chi connectivity index (χ0v) is 24.7.